The molecule has 1 aromatic carbocycles. The van der Waals surface area contributed by atoms with Crippen molar-refractivity contribution < 1.29 is 14.6 Å². The predicted octanol–water partition coefficient (Wildman–Crippen LogP) is 8.36. The highest BCUT2D eigenvalue weighted by molar-refractivity contribution is 5.95. The fourth-order valence-electron chi connectivity index (χ4n) is 9.01. The molecular weight excluding hydrogens is 572 g/mol. The lowest BCUT2D eigenvalue weighted by molar-refractivity contribution is -0.124. The van der Waals surface area contributed by atoms with Gasteiger partial charge in [-0.25, -0.2) is 4.98 Å². The SMILES string of the molecule is CCC(CC)(CC)n1cc(-c2ccnc(N(CC34CCC(c5ccc(OC)c(C)c5)(CC3)CC4)C(=O)C3CCC(O)CC3)c2)cn1. The second-order valence-corrected chi connectivity index (χ2v) is 14.8. The minimum atomic E-state index is -0.290. The van der Waals surface area contributed by atoms with Crippen LogP contribution in [0, 0.1) is 18.3 Å². The van der Waals surface area contributed by atoms with Crippen molar-refractivity contribution in [3.8, 4) is 16.9 Å². The fourth-order valence-corrected chi connectivity index (χ4v) is 9.01. The Balaban J connectivity index is 1.27. The molecule has 248 valence electrons. The highest BCUT2D eigenvalue weighted by Gasteiger charge is 2.51. The summed E-state index contributed by atoms with van der Waals surface area (Å²) in [4.78, 5) is 21.3. The van der Waals surface area contributed by atoms with E-state index in [1.54, 1.807) is 7.11 Å². The van der Waals surface area contributed by atoms with Crippen molar-refractivity contribution in [1.29, 1.82) is 0 Å². The summed E-state index contributed by atoms with van der Waals surface area (Å²) in [5.74, 6) is 1.81. The molecule has 4 fully saturated rings. The number of fused-ring (bicyclic) bond motifs is 3. The molecule has 0 aliphatic heterocycles. The molecule has 7 nitrogen and oxygen atoms in total. The number of rotatable bonds is 11. The Morgan fingerprint density at radius 1 is 0.978 bits per heavy atom. The van der Waals surface area contributed by atoms with Crippen LogP contribution < -0.4 is 9.64 Å². The molecule has 1 N–H and O–H groups in total. The van der Waals surface area contributed by atoms with Crippen LogP contribution in [-0.2, 0) is 15.7 Å². The van der Waals surface area contributed by atoms with Crippen LogP contribution in [0.4, 0.5) is 5.82 Å². The van der Waals surface area contributed by atoms with Crippen LogP contribution >= 0.6 is 0 Å². The number of aromatic nitrogens is 3. The van der Waals surface area contributed by atoms with Gasteiger partial charge in [0.1, 0.15) is 11.6 Å². The van der Waals surface area contributed by atoms with Gasteiger partial charge in [-0.2, -0.15) is 5.10 Å². The maximum Gasteiger partial charge on any atom is 0.231 e. The third kappa shape index (κ3) is 6.00. The molecule has 2 heterocycles. The van der Waals surface area contributed by atoms with Gasteiger partial charge in [0.2, 0.25) is 5.91 Å². The number of benzene rings is 1. The van der Waals surface area contributed by atoms with Gasteiger partial charge in [0, 0.05) is 30.4 Å². The summed E-state index contributed by atoms with van der Waals surface area (Å²) in [7, 11) is 1.74. The van der Waals surface area contributed by atoms with Gasteiger partial charge in [0.25, 0.3) is 0 Å². The third-order valence-corrected chi connectivity index (χ3v) is 12.6. The number of methoxy groups -OCH3 is 1. The van der Waals surface area contributed by atoms with Gasteiger partial charge in [0.05, 0.1) is 24.9 Å². The second kappa shape index (κ2) is 13.1. The van der Waals surface area contributed by atoms with E-state index in [4.69, 9.17) is 14.8 Å². The lowest BCUT2D eigenvalue weighted by atomic mass is 9.51. The van der Waals surface area contributed by atoms with E-state index in [1.807, 2.05) is 23.4 Å². The van der Waals surface area contributed by atoms with Crippen LogP contribution in [0.15, 0.2) is 48.9 Å². The first kappa shape index (κ1) is 32.7. The Morgan fingerprint density at radius 3 is 2.26 bits per heavy atom. The van der Waals surface area contributed by atoms with Gasteiger partial charge in [-0.1, -0.05) is 32.9 Å². The average Bonchev–Trinajstić information content (AvgIpc) is 3.60. The molecule has 4 saturated carbocycles. The third-order valence-electron chi connectivity index (χ3n) is 12.6. The zero-order valence-corrected chi connectivity index (χ0v) is 28.7. The monoisotopic (exact) mass is 626 g/mol. The van der Waals surface area contributed by atoms with E-state index in [0.717, 1.165) is 93.3 Å². The summed E-state index contributed by atoms with van der Waals surface area (Å²) in [6.45, 7) is 9.57. The van der Waals surface area contributed by atoms with E-state index >= 15 is 0 Å². The first-order valence-corrected chi connectivity index (χ1v) is 17.9. The van der Waals surface area contributed by atoms with E-state index in [2.05, 4.69) is 62.8 Å². The molecule has 3 aromatic rings. The number of hydrogen-bond donors (Lipinski definition) is 1. The van der Waals surface area contributed by atoms with Crippen molar-refractivity contribution >= 4 is 11.7 Å². The molecular formula is C39H54N4O3. The maximum atomic E-state index is 14.4. The number of nitrogens with zero attached hydrogens (tertiary/aromatic N) is 4. The summed E-state index contributed by atoms with van der Waals surface area (Å²) in [5.41, 5.74) is 5.08. The van der Waals surface area contributed by atoms with Gasteiger partial charge >= 0.3 is 0 Å². The van der Waals surface area contributed by atoms with E-state index < -0.39 is 0 Å². The Bertz CT molecular complexity index is 1480. The van der Waals surface area contributed by atoms with Crippen molar-refractivity contribution in [2.75, 3.05) is 18.6 Å². The average molecular weight is 627 g/mol. The van der Waals surface area contributed by atoms with Gasteiger partial charge < -0.3 is 9.84 Å². The minimum absolute atomic E-state index is 0.0164. The number of carbonyl (C=O) groups is 1. The second-order valence-electron chi connectivity index (χ2n) is 14.8. The standard InChI is InChI=1S/C39H54N4O3/c1-6-39(7-2,8-3)43-26-31(25-41-43)30-15-22-40-35(24-30)42(36(45)29-9-12-33(44)13-10-29)27-37-16-19-38(20-17-37,21-18-37)32-11-14-34(46-5)28(4)23-32/h11,14-15,22-26,29,33,44H,6-10,12-13,16-21,27H2,1-5H3. The molecule has 0 radical (unpaired) electrons. The highest BCUT2D eigenvalue weighted by Crippen LogP contribution is 2.58. The maximum absolute atomic E-state index is 14.4. The molecule has 0 spiro atoms. The smallest absolute Gasteiger partial charge is 0.231 e. The van der Waals surface area contributed by atoms with E-state index in [1.165, 1.54) is 11.1 Å². The van der Waals surface area contributed by atoms with Gasteiger partial charge in [-0.3, -0.25) is 14.4 Å². The molecule has 4 aliphatic carbocycles. The number of aliphatic hydroxyl groups is 1. The summed E-state index contributed by atoms with van der Waals surface area (Å²) in [6.07, 6.45) is 18.5. The molecule has 2 bridgehead atoms. The zero-order valence-electron chi connectivity index (χ0n) is 28.7. The molecule has 0 atom stereocenters. The van der Waals surface area contributed by atoms with E-state index in [9.17, 15) is 9.90 Å². The Hall–Kier alpha value is -3.19. The highest BCUT2D eigenvalue weighted by atomic mass is 16.5. The van der Waals surface area contributed by atoms with Crippen LogP contribution in [0.1, 0.15) is 115 Å². The molecule has 7 rings (SSSR count). The van der Waals surface area contributed by atoms with Crippen molar-refractivity contribution in [3.63, 3.8) is 0 Å². The number of aliphatic hydroxyl groups excluding tert-OH is 1. The number of hydrogen-bond acceptors (Lipinski definition) is 5. The zero-order chi connectivity index (χ0) is 32.5. The molecule has 0 unspecified atom stereocenters. The number of amides is 1. The fraction of sp³-hybridized carbons (Fsp3) is 0.615. The van der Waals surface area contributed by atoms with Gasteiger partial charge in [0.15, 0.2) is 0 Å². The van der Waals surface area contributed by atoms with Crippen LogP contribution in [0.2, 0.25) is 0 Å². The molecule has 46 heavy (non-hydrogen) atoms. The van der Waals surface area contributed by atoms with E-state index in [-0.39, 0.29) is 34.3 Å². The van der Waals surface area contributed by atoms with Gasteiger partial charge in [-0.05, 0) is 136 Å². The summed E-state index contributed by atoms with van der Waals surface area (Å²) >= 11 is 0. The molecule has 1 amide bonds. The van der Waals surface area contributed by atoms with Crippen molar-refractivity contribution in [2.45, 2.75) is 128 Å². The Kier molecular flexibility index (Phi) is 9.35. The van der Waals surface area contributed by atoms with Crippen molar-refractivity contribution in [2.24, 2.45) is 11.3 Å². The topological polar surface area (TPSA) is 80.5 Å². The van der Waals surface area contributed by atoms with Crippen LogP contribution in [-0.4, -0.2) is 45.5 Å². The summed E-state index contributed by atoms with van der Waals surface area (Å²) in [6, 6.07) is 10.9. The first-order valence-electron chi connectivity index (χ1n) is 17.9. The Labute approximate surface area is 275 Å². The summed E-state index contributed by atoms with van der Waals surface area (Å²) in [5, 5.41) is 15.0. The Morgan fingerprint density at radius 2 is 1.65 bits per heavy atom. The number of anilines is 1. The van der Waals surface area contributed by atoms with Crippen LogP contribution in [0.3, 0.4) is 0 Å². The van der Waals surface area contributed by atoms with Crippen LogP contribution in [0.5, 0.6) is 5.75 Å². The quantitative estimate of drug-likeness (QED) is 0.231. The number of carbonyl (C=O) groups excluding carboxylic acids is 1. The number of ether oxygens (including phenoxy) is 1. The first-order chi connectivity index (χ1) is 22.2. The summed E-state index contributed by atoms with van der Waals surface area (Å²) < 4.78 is 7.70. The minimum Gasteiger partial charge on any atom is -0.496 e. The molecule has 7 heteroatoms. The largest absolute Gasteiger partial charge is 0.496 e. The normalized spacial score (nSPS) is 26.2. The number of aryl methyl sites for hydroxylation is 1. The predicted molar refractivity (Wildman–Crippen MR) is 184 cm³/mol. The van der Waals surface area contributed by atoms with Crippen molar-refractivity contribution in [1.82, 2.24) is 14.8 Å². The number of pyridine rings is 1. The lowest BCUT2D eigenvalue weighted by Crippen LogP contribution is -2.52. The lowest BCUT2D eigenvalue weighted by Gasteiger charge is -2.55. The van der Waals surface area contributed by atoms with Gasteiger partial charge in [-0.15, -0.1) is 0 Å². The van der Waals surface area contributed by atoms with E-state index in [0.29, 0.717) is 19.4 Å². The molecule has 0 saturated heterocycles. The molecule has 4 aliphatic rings. The van der Waals surface area contributed by atoms with Crippen LogP contribution in [0.25, 0.3) is 11.1 Å². The van der Waals surface area contributed by atoms with Crippen molar-refractivity contribution in [3.05, 3.63) is 60.0 Å². The molecule has 2 aromatic heterocycles.